The van der Waals surface area contributed by atoms with Gasteiger partial charge in [0.05, 0.1) is 0 Å². The molecule has 0 atom stereocenters. The molecule has 0 aromatic heterocycles. The number of rotatable bonds is 2. The number of aryl methyl sites for hydroxylation is 2. The minimum Gasteiger partial charge on any atom is -0.289 e. The van der Waals surface area contributed by atoms with Crippen molar-refractivity contribution in [1.29, 1.82) is 0 Å². The first kappa shape index (κ1) is 11.9. The lowest BCUT2D eigenvalue weighted by Gasteiger charge is -2.06. The van der Waals surface area contributed by atoms with E-state index in [-0.39, 0.29) is 5.78 Å². The van der Waals surface area contributed by atoms with Crippen LogP contribution in [0, 0.1) is 3.57 Å². The maximum absolute atomic E-state index is 12.5. The van der Waals surface area contributed by atoms with Gasteiger partial charge in [0.2, 0.25) is 0 Å². The molecule has 0 radical (unpaired) electrons. The summed E-state index contributed by atoms with van der Waals surface area (Å²) in [5.74, 6) is 0.134. The van der Waals surface area contributed by atoms with Gasteiger partial charge in [-0.3, -0.25) is 4.79 Å². The molecule has 1 aliphatic rings. The normalized spacial score (nSPS) is 13.4. The summed E-state index contributed by atoms with van der Waals surface area (Å²) >= 11 is 2.22. The van der Waals surface area contributed by atoms with Crippen molar-refractivity contribution in [2.24, 2.45) is 0 Å². The van der Waals surface area contributed by atoms with Gasteiger partial charge in [-0.25, -0.2) is 0 Å². The van der Waals surface area contributed by atoms with Gasteiger partial charge in [-0.2, -0.15) is 0 Å². The Morgan fingerprint density at radius 1 is 1.00 bits per heavy atom. The fraction of sp³-hybridized carbons (Fsp3) is 0.188. The van der Waals surface area contributed by atoms with Crippen LogP contribution in [0.3, 0.4) is 0 Å². The molecule has 1 aliphatic carbocycles. The van der Waals surface area contributed by atoms with Crippen LogP contribution >= 0.6 is 22.6 Å². The van der Waals surface area contributed by atoms with Crippen LogP contribution in [0.2, 0.25) is 0 Å². The number of halogens is 1. The Morgan fingerprint density at radius 3 is 2.61 bits per heavy atom. The molecule has 2 aromatic rings. The Hall–Kier alpha value is -1.16. The van der Waals surface area contributed by atoms with Crippen LogP contribution in [0.15, 0.2) is 42.5 Å². The Morgan fingerprint density at radius 2 is 1.78 bits per heavy atom. The molecule has 2 heteroatoms. The molecule has 0 N–H and O–H groups in total. The number of hydrogen-bond acceptors (Lipinski definition) is 1. The Labute approximate surface area is 120 Å². The van der Waals surface area contributed by atoms with E-state index in [0.717, 1.165) is 27.5 Å². The number of benzene rings is 2. The highest BCUT2D eigenvalue weighted by Gasteiger charge is 2.16. The van der Waals surface area contributed by atoms with Gasteiger partial charge >= 0.3 is 0 Å². The van der Waals surface area contributed by atoms with E-state index >= 15 is 0 Å². The molecule has 0 spiro atoms. The van der Waals surface area contributed by atoms with E-state index in [9.17, 15) is 4.79 Å². The third-order valence-corrected chi connectivity index (χ3v) is 4.42. The third-order valence-electron chi connectivity index (χ3n) is 3.48. The average Bonchev–Trinajstić information content (AvgIpc) is 2.85. The molecular formula is C16H13IO. The van der Waals surface area contributed by atoms with Crippen molar-refractivity contribution in [3.8, 4) is 0 Å². The first-order valence-corrected chi connectivity index (χ1v) is 7.24. The van der Waals surface area contributed by atoms with Crippen molar-refractivity contribution in [2.45, 2.75) is 19.3 Å². The fourth-order valence-corrected chi connectivity index (χ4v) is 3.15. The predicted molar refractivity (Wildman–Crippen MR) is 81.1 cm³/mol. The Bertz CT molecular complexity index is 616. The van der Waals surface area contributed by atoms with E-state index in [1.165, 1.54) is 17.5 Å². The van der Waals surface area contributed by atoms with E-state index in [1.807, 2.05) is 30.3 Å². The first-order valence-electron chi connectivity index (χ1n) is 6.17. The van der Waals surface area contributed by atoms with Gasteiger partial charge in [0.25, 0.3) is 0 Å². The van der Waals surface area contributed by atoms with Gasteiger partial charge in [-0.05, 0) is 71.2 Å². The molecule has 0 saturated carbocycles. The van der Waals surface area contributed by atoms with Crippen LogP contribution in [0.1, 0.15) is 33.5 Å². The molecule has 0 fully saturated rings. The largest absolute Gasteiger partial charge is 0.289 e. The minimum absolute atomic E-state index is 0.134. The Kier molecular flexibility index (Phi) is 3.20. The highest BCUT2D eigenvalue weighted by atomic mass is 127. The quantitative estimate of drug-likeness (QED) is 0.592. The van der Waals surface area contributed by atoms with Crippen LogP contribution in [0.4, 0.5) is 0 Å². The second-order valence-electron chi connectivity index (χ2n) is 4.65. The summed E-state index contributed by atoms with van der Waals surface area (Å²) in [6, 6.07) is 13.9. The van der Waals surface area contributed by atoms with Gasteiger partial charge in [-0.15, -0.1) is 0 Å². The molecule has 0 amide bonds. The molecule has 0 unspecified atom stereocenters. The standard InChI is InChI=1S/C16H13IO/c17-15-7-2-1-6-14(15)16(18)13-9-8-11-4-3-5-12(11)10-13/h1-2,6-10H,3-5H2. The zero-order chi connectivity index (χ0) is 12.5. The van der Waals surface area contributed by atoms with Crippen LogP contribution in [0.5, 0.6) is 0 Å². The van der Waals surface area contributed by atoms with Gasteiger partial charge in [0.15, 0.2) is 5.78 Å². The van der Waals surface area contributed by atoms with Crippen molar-refractivity contribution in [3.05, 3.63) is 68.3 Å². The number of carbonyl (C=O) groups is 1. The summed E-state index contributed by atoms with van der Waals surface area (Å²) in [6.45, 7) is 0. The van der Waals surface area contributed by atoms with Crippen LogP contribution in [0.25, 0.3) is 0 Å². The van der Waals surface area contributed by atoms with Crippen LogP contribution in [-0.2, 0) is 12.8 Å². The van der Waals surface area contributed by atoms with Crippen molar-refractivity contribution < 1.29 is 4.79 Å². The van der Waals surface area contributed by atoms with E-state index in [4.69, 9.17) is 0 Å². The highest BCUT2D eigenvalue weighted by molar-refractivity contribution is 14.1. The SMILES string of the molecule is O=C(c1ccc2c(c1)CCC2)c1ccccc1I. The lowest BCUT2D eigenvalue weighted by Crippen LogP contribution is -2.04. The molecule has 3 rings (SSSR count). The fourth-order valence-electron chi connectivity index (χ4n) is 2.51. The summed E-state index contributed by atoms with van der Waals surface area (Å²) in [7, 11) is 0. The van der Waals surface area contributed by atoms with Crippen molar-refractivity contribution >= 4 is 28.4 Å². The number of fused-ring (bicyclic) bond motifs is 1. The van der Waals surface area contributed by atoms with Crippen molar-refractivity contribution in [3.63, 3.8) is 0 Å². The molecule has 18 heavy (non-hydrogen) atoms. The number of hydrogen-bond donors (Lipinski definition) is 0. The maximum atomic E-state index is 12.5. The smallest absolute Gasteiger partial charge is 0.194 e. The molecule has 0 saturated heterocycles. The van der Waals surface area contributed by atoms with E-state index in [1.54, 1.807) is 0 Å². The number of carbonyl (C=O) groups excluding carboxylic acids is 1. The summed E-state index contributed by atoms with van der Waals surface area (Å²) in [5, 5.41) is 0. The monoisotopic (exact) mass is 348 g/mol. The third kappa shape index (κ3) is 2.09. The van der Waals surface area contributed by atoms with E-state index in [0.29, 0.717) is 0 Å². The molecule has 2 aromatic carbocycles. The molecule has 1 nitrogen and oxygen atoms in total. The highest BCUT2D eigenvalue weighted by Crippen LogP contribution is 2.24. The van der Waals surface area contributed by atoms with Crippen molar-refractivity contribution in [2.75, 3.05) is 0 Å². The summed E-state index contributed by atoms with van der Waals surface area (Å²) in [5.41, 5.74) is 4.39. The van der Waals surface area contributed by atoms with Gasteiger partial charge < -0.3 is 0 Å². The average molecular weight is 348 g/mol. The van der Waals surface area contributed by atoms with Crippen molar-refractivity contribution in [1.82, 2.24) is 0 Å². The second-order valence-corrected chi connectivity index (χ2v) is 5.81. The minimum atomic E-state index is 0.134. The van der Waals surface area contributed by atoms with Gasteiger partial charge in [0, 0.05) is 14.7 Å². The molecule has 0 bridgehead atoms. The molecule has 0 aliphatic heterocycles. The molecule has 0 heterocycles. The summed E-state index contributed by atoms with van der Waals surface area (Å²) in [6.07, 6.45) is 3.49. The topological polar surface area (TPSA) is 17.1 Å². The van der Waals surface area contributed by atoms with Crippen LogP contribution in [-0.4, -0.2) is 5.78 Å². The zero-order valence-corrected chi connectivity index (χ0v) is 12.1. The summed E-state index contributed by atoms with van der Waals surface area (Å²) < 4.78 is 1.01. The van der Waals surface area contributed by atoms with E-state index in [2.05, 4.69) is 34.7 Å². The summed E-state index contributed by atoms with van der Waals surface area (Å²) in [4.78, 5) is 12.5. The maximum Gasteiger partial charge on any atom is 0.194 e. The predicted octanol–water partition coefficient (Wildman–Crippen LogP) is 4.01. The second kappa shape index (κ2) is 4.84. The van der Waals surface area contributed by atoms with Crippen LogP contribution < -0.4 is 0 Å². The van der Waals surface area contributed by atoms with E-state index < -0.39 is 0 Å². The Balaban J connectivity index is 2.01. The lowest BCUT2D eigenvalue weighted by atomic mass is 9.99. The lowest BCUT2D eigenvalue weighted by molar-refractivity contribution is 0.103. The molecular weight excluding hydrogens is 335 g/mol. The zero-order valence-electron chi connectivity index (χ0n) is 9.95. The molecule has 90 valence electrons. The van der Waals surface area contributed by atoms with Gasteiger partial charge in [0.1, 0.15) is 0 Å². The van der Waals surface area contributed by atoms with Gasteiger partial charge in [-0.1, -0.05) is 24.3 Å². The first-order chi connectivity index (χ1) is 8.75. The number of ketones is 1.